The first kappa shape index (κ1) is 20.6. The summed E-state index contributed by atoms with van der Waals surface area (Å²) >= 11 is 0. The maximum atomic E-state index is 13.2. The molecule has 7 nitrogen and oxygen atoms in total. The quantitative estimate of drug-likeness (QED) is 0.554. The van der Waals surface area contributed by atoms with Crippen LogP contribution in [0.25, 0.3) is 11.0 Å². The lowest BCUT2D eigenvalue weighted by Crippen LogP contribution is -2.35. The van der Waals surface area contributed by atoms with Crippen molar-refractivity contribution in [1.82, 2.24) is 18.8 Å². The van der Waals surface area contributed by atoms with Crippen molar-refractivity contribution in [3.63, 3.8) is 0 Å². The molecule has 2 aromatic heterocycles. The highest BCUT2D eigenvalue weighted by atomic mass is 32.2. The molecule has 0 saturated heterocycles. The summed E-state index contributed by atoms with van der Waals surface area (Å²) in [5.41, 5.74) is 1.33. The molecule has 30 heavy (non-hydrogen) atoms. The normalized spacial score (nSPS) is 14.4. The van der Waals surface area contributed by atoms with E-state index < -0.39 is 10.0 Å². The topological polar surface area (TPSA) is 75.5 Å². The highest BCUT2D eigenvalue weighted by molar-refractivity contribution is 7.89. The Morgan fingerprint density at radius 2 is 1.80 bits per heavy atom. The van der Waals surface area contributed by atoms with Gasteiger partial charge in [0, 0.05) is 42.5 Å². The predicted molar refractivity (Wildman–Crippen MR) is 115 cm³/mol. The second kappa shape index (κ2) is 8.20. The van der Waals surface area contributed by atoms with Crippen molar-refractivity contribution in [3.8, 4) is 0 Å². The number of hydrogen-bond donors (Lipinski definition) is 0. The highest BCUT2D eigenvalue weighted by Gasteiger charge is 2.33. The summed E-state index contributed by atoms with van der Waals surface area (Å²) in [6.45, 7) is 4.86. The molecular formula is C22H26N4O3S. The van der Waals surface area contributed by atoms with Gasteiger partial charge in [0.15, 0.2) is 0 Å². The number of hydrogen-bond acceptors (Lipinski definition) is 4. The second-order valence-corrected chi connectivity index (χ2v) is 9.40. The molecule has 8 heteroatoms. The average Bonchev–Trinajstić information content (AvgIpc) is 3.52. The lowest BCUT2D eigenvalue weighted by Gasteiger charge is -2.24. The summed E-state index contributed by atoms with van der Waals surface area (Å²) in [7, 11) is -3.54. The van der Waals surface area contributed by atoms with Crippen LogP contribution in [0.15, 0.2) is 59.8 Å². The lowest BCUT2D eigenvalue weighted by molar-refractivity contribution is 0.0690. The van der Waals surface area contributed by atoms with Gasteiger partial charge in [-0.15, -0.1) is 0 Å². The number of aromatic nitrogens is 2. The number of amides is 1. The molecule has 0 unspecified atom stereocenters. The van der Waals surface area contributed by atoms with Gasteiger partial charge in [0.05, 0.1) is 11.6 Å². The molecule has 4 rings (SSSR count). The number of rotatable bonds is 8. The van der Waals surface area contributed by atoms with E-state index >= 15 is 0 Å². The third-order valence-electron chi connectivity index (χ3n) is 5.52. The molecule has 0 atom stereocenters. The zero-order valence-corrected chi connectivity index (χ0v) is 18.0. The van der Waals surface area contributed by atoms with Gasteiger partial charge in [0.2, 0.25) is 10.0 Å². The number of carbonyl (C=O) groups excluding carboxylic acids is 1. The molecule has 1 aliphatic carbocycles. The van der Waals surface area contributed by atoms with Gasteiger partial charge in [0.25, 0.3) is 5.91 Å². The van der Waals surface area contributed by atoms with Crippen LogP contribution in [0.4, 0.5) is 0 Å². The molecule has 0 spiro atoms. The number of fused-ring (bicyclic) bond motifs is 1. The maximum Gasteiger partial charge on any atom is 0.255 e. The zero-order chi connectivity index (χ0) is 21.3. The van der Waals surface area contributed by atoms with Crippen molar-refractivity contribution in [2.24, 2.45) is 0 Å². The Morgan fingerprint density at radius 1 is 1.10 bits per heavy atom. The smallest absolute Gasteiger partial charge is 0.255 e. The first-order valence-electron chi connectivity index (χ1n) is 10.3. The molecule has 0 aliphatic heterocycles. The van der Waals surface area contributed by atoms with E-state index in [0.717, 1.165) is 23.9 Å². The predicted octanol–water partition coefficient (Wildman–Crippen LogP) is 3.33. The molecular weight excluding hydrogens is 400 g/mol. The number of benzene rings is 1. The minimum Gasteiger partial charge on any atom is -0.318 e. The highest BCUT2D eigenvalue weighted by Crippen LogP contribution is 2.30. The fraction of sp³-hybridized carbons (Fsp3) is 0.364. The molecule has 1 saturated carbocycles. The third kappa shape index (κ3) is 3.85. The summed E-state index contributed by atoms with van der Waals surface area (Å²) < 4.78 is 28.8. The Hall–Kier alpha value is -2.71. The fourth-order valence-electron chi connectivity index (χ4n) is 3.68. The molecule has 3 aromatic rings. The van der Waals surface area contributed by atoms with Gasteiger partial charge in [-0.3, -0.25) is 4.79 Å². The van der Waals surface area contributed by atoms with Gasteiger partial charge in [-0.25, -0.2) is 13.4 Å². The molecule has 1 amide bonds. The van der Waals surface area contributed by atoms with E-state index in [2.05, 4.69) is 4.98 Å². The summed E-state index contributed by atoms with van der Waals surface area (Å²) in [5.74, 6) is -0.0953. The molecule has 1 aliphatic rings. The Kier molecular flexibility index (Phi) is 5.62. The van der Waals surface area contributed by atoms with Crippen LogP contribution >= 0.6 is 0 Å². The Morgan fingerprint density at radius 3 is 2.43 bits per heavy atom. The number of sulfonamides is 1. The molecule has 1 fully saturated rings. The van der Waals surface area contributed by atoms with Gasteiger partial charge in [-0.2, -0.15) is 4.31 Å². The minimum atomic E-state index is -3.54. The average molecular weight is 427 g/mol. The molecule has 0 bridgehead atoms. The van der Waals surface area contributed by atoms with Gasteiger partial charge in [-0.05, 0) is 55.3 Å². The summed E-state index contributed by atoms with van der Waals surface area (Å²) in [6, 6.07) is 12.4. The minimum absolute atomic E-state index is 0.0953. The third-order valence-corrected chi connectivity index (χ3v) is 7.58. The van der Waals surface area contributed by atoms with Crippen LogP contribution in [0, 0.1) is 0 Å². The summed E-state index contributed by atoms with van der Waals surface area (Å²) in [5, 5.41) is 1.03. The largest absolute Gasteiger partial charge is 0.318 e. The number of nitrogens with zero attached hydrogens (tertiary/aromatic N) is 4. The Labute approximate surface area is 177 Å². The van der Waals surface area contributed by atoms with E-state index in [1.165, 1.54) is 16.4 Å². The van der Waals surface area contributed by atoms with E-state index in [4.69, 9.17) is 0 Å². The molecule has 0 radical (unpaired) electrons. The molecule has 2 heterocycles. The lowest BCUT2D eigenvalue weighted by atomic mass is 10.2. The van der Waals surface area contributed by atoms with Crippen molar-refractivity contribution in [3.05, 3.63) is 60.4 Å². The Balaban J connectivity index is 1.57. The Bertz CT molecular complexity index is 1150. The van der Waals surface area contributed by atoms with Crippen molar-refractivity contribution >= 4 is 27.0 Å². The van der Waals surface area contributed by atoms with Crippen molar-refractivity contribution in [2.45, 2.75) is 44.3 Å². The van der Waals surface area contributed by atoms with Crippen LogP contribution in [0.2, 0.25) is 0 Å². The van der Waals surface area contributed by atoms with Gasteiger partial charge < -0.3 is 9.47 Å². The van der Waals surface area contributed by atoms with Crippen LogP contribution in [0.3, 0.4) is 0 Å². The van der Waals surface area contributed by atoms with Gasteiger partial charge in [-0.1, -0.05) is 13.8 Å². The zero-order valence-electron chi connectivity index (χ0n) is 17.2. The number of pyridine rings is 1. The van der Waals surface area contributed by atoms with Crippen molar-refractivity contribution < 1.29 is 13.2 Å². The van der Waals surface area contributed by atoms with Crippen LogP contribution in [-0.4, -0.2) is 52.2 Å². The molecule has 1 aromatic carbocycles. The van der Waals surface area contributed by atoms with E-state index in [0.29, 0.717) is 25.3 Å². The SMILES string of the molecule is CCN(CC)S(=O)(=O)c1ccc(C(=O)N(Cn2ccc3cccnc32)C2CC2)cc1. The van der Waals surface area contributed by atoms with Crippen LogP contribution in [-0.2, 0) is 16.7 Å². The molecule has 0 N–H and O–H groups in total. The van der Waals surface area contributed by atoms with E-state index in [9.17, 15) is 13.2 Å². The monoisotopic (exact) mass is 426 g/mol. The van der Waals surface area contributed by atoms with Crippen LogP contribution in [0.5, 0.6) is 0 Å². The maximum absolute atomic E-state index is 13.2. The summed E-state index contributed by atoms with van der Waals surface area (Å²) in [4.78, 5) is 19.7. The van der Waals surface area contributed by atoms with E-state index in [1.54, 1.807) is 18.3 Å². The van der Waals surface area contributed by atoms with Gasteiger partial charge in [0.1, 0.15) is 5.65 Å². The van der Waals surface area contributed by atoms with Crippen molar-refractivity contribution in [1.29, 1.82) is 0 Å². The first-order valence-corrected chi connectivity index (χ1v) is 11.7. The molecule has 158 valence electrons. The van der Waals surface area contributed by atoms with Crippen LogP contribution in [0.1, 0.15) is 37.0 Å². The van der Waals surface area contributed by atoms with Gasteiger partial charge >= 0.3 is 0 Å². The second-order valence-electron chi connectivity index (χ2n) is 7.46. The van der Waals surface area contributed by atoms with Crippen LogP contribution < -0.4 is 0 Å². The van der Waals surface area contributed by atoms with E-state index in [1.807, 2.05) is 47.7 Å². The summed E-state index contributed by atoms with van der Waals surface area (Å²) in [6.07, 6.45) is 5.65. The first-order chi connectivity index (χ1) is 14.5. The van der Waals surface area contributed by atoms with Crippen molar-refractivity contribution in [2.75, 3.05) is 13.1 Å². The number of carbonyl (C=O) groups is 1. The van der Waals surface area contributed by atoms with E-state index in [-0.39, 0.29) is 16.8 Å². The standard InChI is InChI=1S/C22H26N4O3S/c1-3-25(4-2)30(28,29)20-11-7-18(8-12-20)22(27)26(19-9-10-19)16-24-15-13-17-6-5-14-23-21(17)24/h5-8,11-15,19H,3-4,9-10,16H2,1-2H3. The fourth-order valence-corrected chi connectivity index (χ4v) is 5.14.